The van der Waals surface area contributed by atoms with Crippen LogP contribution in [0, 0.1) is 28.6 Å². The van der Waals surface area contributed by atoms with Crippen LogP contribution in [0.5, 0.6) is 0 Å². The second kappa shape index (κ2) is 11.5. The molecule has 2 aromatic carbocycles. The Bertz CT molecular complexity index is 1680. The third-order valence-corrected chi connectivity index (χ3v) is 12.1. The molecule has 4 aliphatic rings. The summed E-state index contributed by atoms with van der Waals surface area (Å²) in [6, 6.07) is 17.5. The fourth-order valence-corrected chi connectivity index (χ4v) is 9.81. The Morgan fingerprint density at radius 3 is 2.65 bits per heavy atom. The maximum atomic E-state index is 13.3. The van der Waals surface area contributed by atoms with Gasteiger partial charge in [0.05, 0.1) is 23.7 Å². The first-order valence-corrected chi connectivity index (χ1v) is 17.0. The fraction of sp³-hybridized carbons (Fsp3) is 0.500. The summed E-state index contributed by atoms with van der Waals surface area (Å²) in [4.78, 5) is 26.3. The van der Waals surface area contributed by atoms with Crippen LogP contribution in [0.2, 0.25) is 0 Å². The molecular weight excluding hydrogens is 576 g/mol. The van der Waals surface area contributed by atoms with Gasteiger partial charge in [-0.2, -0.15) is 5.10 Å². The number of amides is 2. The van der Waals surface area contributed by atoms with Crippen LogP contribution in [0.25, 0.3) is 11.8 Å². The Labute approximate surface area is 271 Å². The highest BCUT2D eigenvalue weighted by molar-refractivity contribution is 5.94. The van der Waals surface area contributed by atoms with Gasteiger partial charge in [0.15, 0.2) is 0 Å². The van der Waals surface area contributed by atoms with Gasteiger partial charge in [-0.25, -0.2) is 4.68 Å². The quantitative estimate of drug-likeness (QED) is 0.289. The molecule has 3 fully saturated rings. The van der Waals surface area contributed by atoms with E-state index in [1.54, 1.807) is 0 Å². The van der Waals surface area contributed by atoms with E-state index in [0.717, 1.165) is 54.6 Å². The summed E-state index contributed by atoms with van der Waals surface area (Å²) >= 11 is 0. The van der Waals surface area contributed by atoms with E-state index >= 15 is 0 Å². The van der Waals surface area contributed by atoms with Gasteiger partial charge in [0.25, 0.3) is 11.8 Å². The number of carbonyl (C=O) groups is 2. The van der Waals surface area contributed by atoms with Crippen LogP contribution in [0.3, 0.4) is 0 Å². The van der Waals surface area contributed by atoms with E-state index in [4.69, 9.17) is 5.10 Å². The molecule has 3 aromatic rings. The molecule has 2 amide bonds. The number of aliphatic hydroxyl groups is 2. The molecule has 0 radical (unpaired) electrons. The van der Waals surface area contributed by atoms with Crippen LogP contribution in [0.15, 0.2) is 66.4 Å². The minimum absolute atomic E-state index is 0.0415. The number of allylic oxidation sites excluding steroid dienone is 1. The lowest BCUT2D eigenvalue weighted by Crippen LogP contribution is -2.63. The first-order valence-electron chi connectivity index (χ1n) is 17.0. The molecule has 8 nitrogen and oxygen atoms in total. The lowest BCUT2D eigenvalue weighted by atomic mass is 9.45. The molecular formula is C38H46N4O4. The Hall–Kier alpha value is -3.75. The molecule has 0 bridgehead atoms. The van der Waals surface area contributed by atoms with Gasteiger partial charge in [-0.3, -0.25) is 9.59 Å². The van der Waals surface area contributed by atoms with E-state index in [1.165, 1.54) is 5.57 Å². The molecule has 3 saturated carbocycles. The van der Waals surface area contributed by atoms with Gasteiger partial charge in [-0.15, -0.1) is 0 Å². The predicted molar refractivity (Wildman–Crippen MR) is 177 cm³/mol. The molecule has 7 atom stereocenters. The van der Waals surface area contributed by atoms with Gasteiger partial charge in [-0.1, -0.05) is 62.7 Å². The number of aromatic nitrogens is 2. The number of carbonyl (C=O) groups excluding carboxylic acids is 2. The van der Waals surface area contributed by atoms with Crippen LogP contribution in [-0.2, 0) is 17.8 Å². The van der Waals surface area contributed by atoms with Crippen LogP contribution in [0.1, 0.15) is 86.5 Å². The molecule has 1 heterocycles. The second-order valence-electron chi connectivity index (χ2n) is 14.6. The first-order chi connectivity index (χ1) is 22.1. The van der Waals surface area contributed by atoms with E-state index in [1.807, 2.05) is 79.3 Å². The SMILES string of the molecule is CCCNC(=O)[C@@]1(O)CCC2C3CCC4=Cc5c(cnn5-c5cccc(C(=O)NCc6ccccc6)c5)C[C@]4(C)C3[C@@H](O)C[C@@]21C. The minimum Gasteiger partial charge on any atom is -0.393 e. The molecule has 1 aromatic heterocycles. The van der Waals surface area contributed by atoms with Crippen LogP contribution >= 0.6 is 0 Å². The highest BCUT2D eigenvalue weighted by Gasteiger charge is 2.68. The average molecular weight is 623 g/mol. The Morgan fingerprint density at radius 2 is 1.87 bits per heavy atom. The molecule has 7 rings (SSSR count). The average Bonchev–Trinajstić information content (AvgIpc) is 3.58. The molecule has 242 valence electrons. The van der Waals surface area contributed by atoms with E-state index in [2.05, 4.69) is 23.6 Å². The number of fused-ring (bicyclic) bond motifs is 6. The first kappa shape index (κ1) is 30.9. The molecule has 46 heavy (non-hydrogen) atoms. The fourth-order valence-electron chi connectivity index (χ4n) is 9.81. The Kier molecular flexibility index (Phi) is 7.72. The summed E-state index contributed by atoms with van der Waals surface area (Å²) in [7, 11) is 0. The molecule has 0 spiro atoms. The lowest BCUT2D eigenvalue weighted by Gasteiger charge is -2.60. The molecule has 0 aliphatic heterocycles. The molecule has 4 N–H and O–H groups in total. The summed E-state index contributed by atoms with van der Waals surface area (Å²) < 4.78 is 1.93. The van der Waals surface area contributed by atoms with Crippen LogP contribution < -0.4 is 10.6 Å². The van der Waals surface area contributed by atoms with Gasteiger partial charge in [0.2, 0.25) is 0 Å². The summed E-state index contributed by atoms with van der Waals surface area (Å²) in [5, 5.41) is 34.5. The third-order valence-electron chi connectivity index (χ3n) is 12.1. The zero-order chi connectivity index (χ0) is 32.3. The van der Waals surface area contributed by atoms with Gasteiger partial charge in [0, 0.05) is 24.1 Å². The number of nitrogens with zero attached hydrogens (tertiary/aromatic N) is 2. The van der Waals surface area contributed by atoms with E-state index < -0.39 is 17.1 Å². The molecule has 0 saturated heterocycles. The van der Waals surface area contributed by atoms with Crippen LogP contribution in [-0.4, -0.2) is 50.1 Å². The summed E-state index contributed by atoms with van der Waals surface area (Å²) in [6.45, 7) is 7.36. The summed E-state index contributed by atoms with van der Waals surface area (Å²) in [5.74, 6) is 0.0406. The largest absolute Gasteiger partial charge is 0.393 e. The van der Waals surface area contributed by atoms with Crippen molar-refractivity contribution in [1.29, 1.82) is 0 Å². The smallest absolute Gasteiger partial charge is 0.252 e. The van der Waals surface area contributed by atoms with E-state index in [-0.39, 0.29) is 35.0 Å². The zero-order valence-electron chi connectivity index (χ0n) is 27.1. The molecule has 4 aliphatic carbocycles. The van der Waals surface area contributed by atoms with Gasteiger partial charge in [-0.05, 0) is 104 Å². The topological polar surface area (TPSA) is 116 Å². The van der Waals surface area contributed by atoms with Gasteiger partial charge >= 0.3 is 0 Å². The van der Waals surface area contributed by atoms with Crippen molar-refractivity contribution in [3.63, 3.8) is 0 Å². The number of nitrogens with one attached hydrogen (secondary N) is 2. The van der Waals surface area contributed by atoms with Crippen molar-refractivity contribution in [1.82, 2.24) is 20.4 Å². The number of rotatable bonds is 7. The normalized spacial score (nSPS) is 32.8. The highest BCUT2D eigenvalue weighted by Crippen LogP contribution is 2.67. The van der Waals surface area contributed by atoms with Gasteiger partial charge in [0.1, 0.15) is 5.60 Å². The van der Waals surface area contributed by atoms with Crippen molar-refractivity contribution in [3.05, 3.63) is 88.8 Å². The maximum absolute atomic E-state index is 13.3. The van der Waals surface area contributed by atoms with Crippen molar-refractivity contribution in [3.8, 4) is 5.69 Å². The Morgan fingerprint density at radius 1 is 1.07 bits per heavy atom. The number of hydrogen-bond acceptors (Lipinski definition) is 5. The van der Waals surface area contributed by atoms with E-state index in [0.29, 0.717) is 31.5 Å². The molecule has 3 unspecified atom stereocenters. The summed E-state index contributed by atoms with van der Waals surface area (Å²) in [5.41, 5.74) is 3.61. The van der Waals surface area contributed by atoms with E-state index in [9.17, 15) is 19.8 Å². The Balaban J connectivity index is 1.13. The van der Waals surface area contributed by atoms with Crippen molar-refractivity contribution in [2.45, 2.75) is 84.0 Å². The van der Waals surface area contributed by atoms with Gasteiger partial charge < -0.3 is 20.8 Å². The minimum atomic E-state index is -1.45. The second-order valence-corrected chi connectivity index (χ2v) is 14.6. The van der Waals surface area contributed by atoms with Crippen LogP contribution in [0.4, 0.5) is 0 Å². The van der Waals surface area contributed by atoms with Crippen molar-refractivity contribution < 1.29 is 19.8 Å². The molecule has 8 heteroatoms. The maximum Gasteiger partial charge on any atom is 0.252 e. The number of hydrogen-bond donors (Lipinski definition) is 4. The third kappa shape index (κ3) is 4.75. The standard InChI is InChI=1S/C38H46N4O4/c1-4-17-39-35(45)38(46)16-15-30-29-14-13-27-19-31-26(20-36(27,2)33(29)32(43)21-37(30,38)3)23-41-42(31)28-12-8-11-25(18-28)34(44)40-22-24-9-6-5-7-10-24/h5-12,18-19,23,29-30,32-33,43,46H,4,13-17,20-22H2,1-3H3,(H,39,45)(H,40,44)/t29?,30?,32-,33?,36-,37-,38-/m0/s1. The number of aliphatic hydroxyl groups excluding tert-OH is 1. The number of benzene rings is 2. The monoisotopic (exact) mass is 622 g/mol. The zero-order valence-corrected chi connectivity index (χ0v) is 27.1. The van der Waals surface area contributed by atoms with Crippen molar-refractivity contribution in [2.75, 3.05) is 6.54 Å². The highest BCUT2D eigenvalue weighted by atomic mass is 16.3. The van der Waals surface area contributed by atoms with Crippen molar-refractivity contribution in [2.24, 2.45) is 28.6 Å². The van der Waals surface area contributed by atoms with Crippen molar-refractivity contribution >= 4 is 17.9 Å². The summed E-state index contributed by atoms with van der Waals surface area (Å²) in [6.07, 6.45) is 8.67. The predicted octanol–water partition coefficient (Wildman–Crippen LogP) is 5.21. The lowest BCUT2D eigenvalue weighted by molar-refractivity contribution is -0.181.